The fourth-order valence-corrected chi connectivity index (χ4v) is 5.28. The van der Waals surface area contributed by atoms with E-state index in [-0.39, 0.29) is 18.7 Å². The van der Waals surface area contributed by atoms with Gasteiger partial charge in [-0.25, -0.2) is 0 Å². The molecule has 2 saturated heterocycles. The van der Waals surface area contributed by atoms with Crippen LogP contribution in [0, 0.1) is 11.3 Å². The first-order valence-corrected chi connectivity index (χ1v) is 10.3. The maximum Gasteiger partial charge on any atom is 0.262 e. The van der Waals surface area contributed by atoms with Crippen molar-refractivity contribution in [1.29, 1.82) is 0 Å². The summed E-state index contributed by atoms with van der Waals surface area (Å²) in [6.45, 7) is 3.49. The summed E-state index contributed by atoms with van der Waals surface area (Å²) >= 11 is 0. The Hall–Kier alpha value is -2.58. The lowest BCUT2D eigenvalue weighted by atomic mass is 9.62. The molecular formula is C21H24N4O4. The summed E-state index contributed by atoms with van der Waals surface area (Å²) in [6, 6.07) is 4.33. The number of benzene rings is 1. The summed E-state index contributed by atoms with van der Waals surface area (Å²) in [7, 11) is 0. The third kappa shape index (κ3) is 2.81. The van der Waals surface area contributed by atoms with E-state index in [1.165, 1.54) is 12.8 Å². The van der Waals surface area contributed by atoms with Crippen LogP contribution in [0.25, 0.3) is 0 Å². The number of rotatable bonds is 5. The monoisotopic (exact) mass is 396 g/mol. The first-order chi connectivity index (χ1) is 14.0. The van der Waals surface area contributed by atoms with Gasteiger partial charge >= 0.3 is 0 Å². The molecule has 3 N–H and O–H groups in total. The summed E-state index contributed by atoms with van der Waals surface area (Å²) in [4.78, 5) is 50.6. The van der Waals surface area contributed by atoms with E-state index in [9.17, 15) is 19.2 Å². The lowest BCUT2D eigenvalue weighted by molar-refractivity contribution is -0.136. The highest BCUT2D eigenvalue weighted by atomic mass is 16.2. The van der Waals surface area contributed by atoms with Crippen molar-refractivity contribution in [1.82, 2.24) is 20.9 Å². The van der Waals surface area contributed by atoms with Crippen LogP contribution in [0.3, 0.4) is 0 Å². The van der Waals surface area contributed by atoms with Crippen molar-refractivity contribution >= 4 is 23.6 Å². The minimum Gasteiger partial charge on any atom is -0.316 e. The van der Waals surface area contributed by atoms with E-state index >= 15 is 0 Å². The zero-order valence-electron chi connectivity index (χ0n) is 16.1. The number of carbonyl (C=O) groups is 4. The van der Waals surface area contributed by atoms with E-state index in [1.54, 1.807) is 12.1 Å². The second-order valence-electron chi connectivity index (χ2n) is 8.62. The van der Waals surface area contributed by atoms with Crippen LogP contribution in [0.15, 0.2) is 18.2 Å². The van der Waals surface area contributed by atoms with Gasteiger partial charge in [-0.05, 0) is 48.8 Å². The van der Waals surface area contributed by atoms with Gasteiger partial charge in [0.25, 0.3) is 11.8 Å². The number of imide groups is 2. The Morgan fingerprint density at radius 1 is 1.14 bits per heavy atom. The molecule has 0 spiro atoms. The summed E-state index contributed by atoms with van der Waals surface area (Å²) in [6.07, 6.45) is 2.77. The average molecular weight is 396 g/mol. The predicted octanol–water partition coefficient (Wildman–Crippen LogP) is 0.177. The Kier molecular flexibility index (Phi) is 4.29. The maximum absolute atomic E-state index is 13.1. The zero-order valence-corrected chi connectivity index (χ0v) is 16.1. The quantitative estimate of drug-likeness (QED) is 0.613. The van der Waals surface area contributed by atoms with Gasteiger partial charge in [-0.3, -0.25) is 29.4 Å². The van der Waals surface area contributed by atoms with Gasteiger partial charge in [0.15, 0.2) is 0 Å². The first-order valence-electron chi connectivity index (χ1n) is 10.3. The Morgan fingerprint density at radius 3 is 2.72 bits per heavy atom. The molecule has 1 saturated carbocycles. The molecule has 0 bridgehead atoms. The molecule has 8 nitrogen and oxygen atoms in total. The Balaban J connectivity index is 1.33. The third-order valence-electron chi connectivity index (χ3n) is 7.07. The summed E-state index contributed by atoms with van der Waals surface area (Å²) in [5, 5.41) is 9.19. The van der Waals surface area contributed by atoms with Crippen LogP contribution < -0.4 is 16.0 Å². The smallest absolute Gasteiger partial charge is 0.262 e. The van der Waals surface area contributed by atoms with Gasteiger partial charge in [0.2, 0.25) is 11.8 Å². The van der Waals surface area contributed by atoms with E-state index in [1.807, 2.05) is 6.07 Å². The molecule has 3 aliphatic heterocycles. The Bertz CT molecular complexity index is 929. The molecule has 4 amide bonds. The van der Waals surface area contributed by atoms with Crippen molar-refractivity contribution in [2.24, 2.45) is 11.3 Å². The molecule has 0 aromatic heterocycles. The highest BCUT2D eigenvalue weighted by Gasteiger charge is 2.49. The molecule has 29 heavy (non-hydrogen) atoms. The highest BCUT2D eigenvalue weighted by Crippen LogP contribution is 2.48. The van der Waals surface area contributed by atoms with Crippen molar-refractivity contribution < 1.29 is 19.2 Å². The number of nitrogens with one attached hydrogen (secondary N) is 3. The van der Waals surface area contributed by atoms with Crippen molar-refractivity contribution in [2.75, 3.05) is 19.6 Å². The van der Waals surface area contributed by atoms with E-state index in [0.717, 1.165) is 36.0 Å². The minimum absolute atomic E-state index is 0.121. The van der Waals surface area contributed by atoms with Crippen molar-refractivity contribution in [3.8, 4) is 0 Å². The summed E-state index contributed by atoms with van der Waals surface area (Å²) in [5.74, 6) is -1.14. The van der Waals surface area contributed by atoms with E-state index < -0.39 is 23.8 Å². The number of amides is 4. The highest BCUT2D eigenvalue weighted by molar-refractivity contribution is 6.24. The van der Waals surface area contributed by atoms with Gasteiger partial charge in [-0.2, -0.15) is 0 Å². The number of nitrogens with zero attached hydrogens (tertiary/aromatic N) is 1. The van der Waals surface area contributed by atoms with E-state index in [2.05, 4.69) is 16.0 Å². The van der Waals surface area contributed by atoms with Gasteiger partial charge in [-0.15, -0.1) is 0 Å². The van der Waals surface area contributed by atoms with Gasteiger partial charge < -0.3 is 10.6 Å². The lowest BCUT2D eigenvalue weighted by Gasteiger charge is -2.44. The minimum atomic E-state index is -0.930. The van der Waals surface area contributed by atoms with E-state index in [0.29, 0.717) is 23.1 Å². The van der Waals surface area contributed by atoms with Crippen molar-refractivity contribution in [3.05, 3.63) is 34.9 Å². The van der Waals surface area contributed by atoms with Crippen LogP contribution in [-0.2, 0) is 16.1 Å². The average Bonchev–Trinajstić information content (AvgIpc) is 3.11. The van der Waals surface area contributed by atoms with Crippen LogP contribution in [-0.4, -0.2) is 54.2 Å². The maximum atomic E-state index is 13.1. The molecule has 3 atom stereocenters. The van der Waals surface area contributed by atoms with Gasteiger partial charge in [0, 0.05) is 26.1 Å². The second kappa shape index (κ2) is 6.74. The molecule has 152 valence electrons. The van der Waals surface area contributed by atoms with Crippen LogP contribution in [0.1, 0.15) is 52.0 Å². The summed E-state index contributed by atoms with van der Waals surface area (Å²) < 4.78 is 0. The molecule has 3 heterocycles. The first kappa shape index (κ1) is 18.4. The predicted molar refractivity (Wildman–Crippen MR) is 103 cm³/mol. The zero-order chi connectivity index (χ0) is 20.2. The molecule has 0 radical (unpaired) electrons. The summed E-state index contributed by atoms with van der Waals surface area (Å²) in [5.41, 5.74) is 1.80. The number of piperidine rings is 1. The van der Waals surface area contributed by atoms with Crippen LogP contribution in [0.2, 0.25) is 0 Å². The van der Waals surface area contributed by atoms with Crippen LogP contribution >= 0.6 is 0 Å². The molecule has 1 aromatic carbocycles. The van der Waals surface area contributed by atoms with Crippen molar-refractivity contribution in [2.45, 2.75) is 38.3 Å². The normalized spacial score (nSPS) is 30.8. The molecular weight excluding hydrogens is 372 g/mol. The SMILES string of the molecule is O=C1CCC(N2C(=O)c3cccc(CNC[C@]45CC[C@H]4CNC5)c3C2=O)C(=O)N1. The molecule has 4 aliphatic rings. The van der Waals surface area contributed by atoms with E-state index in [4.69, 9.17) is 0 Å². The number of carbonyl (C=O) groups excluding carboxylic acids is 4. The Morgan fingerprint density at radius 2 is 2.00 bits per heavy atom. The molecule has 1 aliphatic carbocycles. The van der Waals surface area contributed by atoms with Gasteiger partial charge in [0.1, 0.15) is 6.04 Å². The lowest BCUT2D eigenvalue weighted by Crippen LogP contribution is -2.54. The standard InChI is InChI=1S/C21H24N4O4/c26-16-5-4-15(18(27)24-16)25-19(28)14-3-1-2-12(17(14)20(25)29)8-22-10-21-7-6-13(21)9-23-11-21/h1-3,13,15,22-23H,4-11H2,(H,24,26,27)/t13-,15?,21-/m0/s1. The molecule has 1 unspecified atom stereocenters. The number of hydrogen-bond donors (Lipinski definition) is 3. The fraction of sp³-hybridized carbons (Fsp3) is 0.524. The molecule has 5 rings (SSSR count). The Labute approximate surface area is 168 Å². The fourth-order valence-electron chi connectivity index (χ4n) is 5.28. The van der Waals surface area contributed by atoms with Crippen LogP contribution in [0.5, 0.6) is 0 Å². The molecule has 3 fully saturated rings. The van der Waals surface area contributed by atoms with Crippen LogP contribution in [0.4, 0.5) is 0 Å². The van der Waals surface area contributed by atoms with Gasteiger partial charge in [-0.1, -0.05) is 12.1 Å². The topological polar surface area (TPSA) is 108 Å². The third-order valence-corrected chi connectivity index (χ3v) is 7.07. The molecule has 8 heteroatoms. The molecule has 1 aromatic rings. The van der Waals surface area contributed by atoms with Crippen molar-refractivity contribution in [3.63, 3.8) is 0 Å². The number of fused-ring (bicyclic) bond motifs is 2. The second-order valence-corrected chi connectivity index (χ2v) is 8.62. The van der Waals surface area contributed by atoms with Gasteiger partial charge in [0.05, 0.1) is 11.1 Å². The largest absolute Gasteiger partial charge is 0.316 e. The number of hydrogen-bond acceptors (Lipinski definition) is 6.